The Morgan fingerprint density at radius 2 is 1.61 bits per heavy atom. The zero-order chi connectivity index (χ0) is 26.1. The lowest BCUT2D eigenvalue weighted by Gasteiger charge is -2.36. The quantitative estimate of drug-likeness (QED) is 0.431. The summed E-state index contributed by atoms with van der Waals surface area (Å²) in [6.07, 6.45) is 6.69. The molecule has 3 aliphatic heterocycles. The number of halogens is 2. The summed E-state index contributed by atoms with van der Waals surface area (Å²) in [5.74, 6) is 0.0346. The van der Waals surface area contributed by atoms with Gasteiger partial charge in [-0.2, -0.15) is 0 Å². The summed E-state index contributed by atoms with van der Waals surface area (Å²) in [6, 6.07) is 25.6. The van der Waals surface area contributed by atoms with Gasteiger partial charge in [0, 0.05) is 54.5 Å². The molecule has 1 unspecified atom stereocenters. The topological polar surface area (TPSA) is 38.8 Å². The molecule has 1 N–H and O–H groups in total. The van der Waals surface area contributed by atoms with E-state index in [1.54, 1.807) is 12.1 Å². The number of benzene rings is 3. The lowest BCUT2D eigenvalue weighted by atomic mass is 10.0. The lowest BCUT2D eigenvalue weighted by Crippen LogP contribution is -2.49. The summed E-state index contributed by atoms with van der Waals surface area (Å²) < 4.78 is 0. The first kappa shape index (κ1) is 24.8. The largest absolute Gasteiger partial charge is 0.360 e. The van der Waals surface area contributed by atoms with Crippen LogP contribution < -0.4 is 5.32 Å². The van der Waals surface area contributed by atoms with Crippen LogP contribution in [0.4, 0.5) is 0 Å². The van der Waals surface area contributed by atoms with Crippen LogP contribution in [-0.2, 0) is 0 Å². The summed E-state index contributed by atoms with van der Waals surface area (Å²) in [7, 11) is 0. The third kappa shape index (κ3) is 5.10. The van der Waals surface area contributed by atoms with Gasteiger partial charge >= 0.3 is 0 Å². The van der Waals surface area contributed by atoms with Crippen molar-refractivity contribution in [2.24, 2.45) is 0 Å². The van der Waals surface area contributed by atoms with Crippen LogP contribution in [-0.4, -0.2) is 59.5 Å². The SMILES string of the molecule is O=C(c1cccc(Cl)c1)N1CCN(CC2=C(c3ccc(Cl)cc3)NC3C=CC(c4ccccc4)=CN23)CC1. The summed E-state index contributed by atoms with van der Waals surface area (Å²) in [5, 5.41) is 5.02. The van der Waals surface area contributed by atoms with Crippen LogP contribution in [0.15, 0.2) is 103 Å². The predicted molar refractivity (Wildman–Crippen MR) is 154 cm³/mol. The van der Waals surface area contributed by atoms with Gasteiger partial charge in [0.25, 0.3) is 5.91 Å². The number of amides is 1. The maximum absolute atomic E-state index is 13.0. The minimum absolute atomic E-state index is 0.0346. The number of nitrogens with zero attached hydrogens (tertiary/aromatic N) is 3. The molecule has 1 fully saturated rings. The van der Waals surface area contributed by atoms with E-state index in [1.807, 2.05) is 35.2 Å². The molecule has 0 aromatic heterocycles. The number of piperazine rings is 1. The molecule has 0 aliphatic carbocycles. The molecule has 192 valence electrons. The third-order valence-corrected chi connectivity index (χ3v) is 7.76. The van der Waals surface area contributed by atoms with Crippen LogP contribution in [0.2, 0.25) is 10.0 Å². The highest BCUT2D eigenvalue weighted by molar-refractivity contribution is 6.31. The fourth-order valence-electron chi connectivity index (χ4n) is 5.24. The molecule has 1 amide bonds. The van der Waals surface area contributed by atoms with Gasteiger partial charge in [-0.15, -0.1) is 0 Å². The van der Waals surface area contributed by atoms with Gasteiger partial charge in [0.1, 0.15) is 6.17 Å². The van der Waals surface area contributed by atoms with Crippen molar-refractivity contribution in [1.82, 2.24) is 20.0 Å². The van der Waals surface area contributed by atoms with E-state index >= 15 is 0 Å². The van der Waals surface area contributed by atoms with Crippen LogP contribution >= 0.6 is 23.2 Å². The molecule has 3 aromatic rings. The number of rotatable bonds is 5. The zero-order valence-corrected chi connectivity index (χ0v) is 22.4. The molecule has 5 nitrogen and oxygen atoms in total. The molecule has 3 heterocycles. The minimum Gasteiger partial charge on any atom is -0.360 e. The van der Waals surface area contributed by atoms with E-state index in [-0.39, 0.29) is 12.1 Å². The first-order chi connectivity index (χ1) is 18.5. The second-order valence-corrected chi connectivity index (χ2v) is 10.6. The van der Waals surface area contributed by atoms with Crippen LogP contribution in [0.25, 0.3) is 11.3 Å². The van der Waals surface area contributed by atoms with E-state index < -0.39 is 0 Å². The average Bonchev–Trinajstić information content (AvgIpc) is 3.31. The van der Waals surface area contributed by atoms with E-state index in [0.29, 0.717) is 23.7 Å². The molecule has 0 saturated carbocycles. The molecule has 6 rings (SSSR count). The van der Waals surface area contributed by atoms with Crippen LogP contribution in [0.3, 0.4) is 0 Å². The molecule has 0 radical (unpaired) electrons. The Labute approximate surface area is 233 Å². The predicted octanol–water partition coefficient (Wildman–Crippen LogP) is 5.96. The highest BCUT2D eigenvalue weighted by Gasteiger charge is 2.33. The highest BCUT2D eigenvalue weighted by atomic mass is 35.5. The van der Waals surface area contributed by atoms with Gasteiger partial charge in [-0.1, -0.05) is 77.8 Å². The number of carbonyl (C=O) groups is 1. The van der Waals surface area contributed by atoms with Gasteiger partial charge in [0.05, 0.1) is 11.4 Å². The second kappa shape index (κ2) is 10.7. The van der Waals surface area contributed by atoms with Crippen molar-refractivity contribution in [1.29, 1.82) is 0 Å². The molecule has 1 atom stereocenters. The van der Waals surface area contributed by atoms with E-state index in [9.17, 15) is 4.79 Å². The normalized spacial score (nSPS) is 19.3. The monoisotopic (exact) mass is 542 g/mol. The van der Waals surface area contributed by atoms with Gasteiger partial charge < -0.3 is 15.1 Å². The molecule has 7 heteroatoms. The third-order valence-electron chi connectivity index (χ3n) is 7.27. The van der Waals surface area contributed by atoms with E-state index in [0.717, 1.165) is 35.9 Å². The average molecular weight is 543 g/mol. The Kier molecular flexibility index (Phi) is 6.98. The Morgan fingerprint density at radius 3 is 2.34 bits per heavy atom. The Bertz CT molecular complexity index is 1420. The molecule has 3 aromatic carbocycles. The smallest absolute Gasteiger partial charge is 0.253 e. The summed E-state index contributed by atoms with van der Waals surface area (Å²) in [6.45, 7) is 3.72. The van der Waals surface area contributed by atoms with Gasteiger partial charge in [0.15, 0.2) is 0 Å². The maximum atomic E-state index is 13.0. The Hall–Kier alpha value is -3.51. The molecule has 0 bridgehead atoms. The molecule has 1 saturated heterocycles. The Balaban J connectivity index is 1.24. The van der Waals surface area contributed by atoms with E-state index in [1.165, 1.54) is 16.8 Å². The maximum Gasteiger partial charge on any atom is 0.253 e. The number of hydrogen-bond donors (Lipinski definition) is 1. The molecule has 38 heavy (non-hydrogen) atoms. The molecule has 3 aliphatic rings. The van der Waals surface area contributed by atoms with Crippen molar-refractivity contribution in [3.8, 4) is 0 Å². The number of nitrogens with one attached hydrogen (secondary N) is 1. The van der Waals surface area contributed by atoms with Crippen molar-refractivity contribution >= 4 is 40.4 Å². The first-order valence-corrected chi connectivity index (χ1v) is 13.6. The lowest BCUT2D eigenvalue weighted by molar-refractivity contribution is 0.0642. The molecule has 0 spiro atoms. The van der Waals surface area contributed by atoms with E-state index in [4.69, 9.17) is 23.2 Å². The van der Waals surface area contributed by atoms with Gasteiger partial charge in [0.2, 0.25) is 0 Å². The van der Waals surface area contributed by atoms with Crippen molar-refractivity contribution in [3.63, 3.8) is 0 Å². The van der Waals surface area contributed by atoms with Gasteiger partial charge in [-0.05, 0) is 53.1 Å². The van der Waals surface area contributed by atoms with E-state index in [2.05, 4.69) is 69.9 Å². The van der Waals surface area contributed by atoms with Crippen LogP contribution in [0.5, 0.6) is 0 Å². The second-order valence-electron chi connectivity index (χ2n) is 9.71. The van der Waals surface area contributed by atoms with Crippen molar-refractivity contribution in [2.45, 2.75) is 6.17 Å². The molecular weight excluding hydrogens is 515 g/mol. The number of allylic oxidation sites excluding steroid dienone is 2. The number of hydrogen-bond acceptors (Lipinski definition) is 4. The standard InChI is InChI=1S/C31H28Cl2N4O/c32-26-12-9-23(10-13-26)30-28(37-20-25(11-14-29(37)34-30)22-5-2-1-3-6-22)21-35-15-17-36(18-16-35)31(38)24-7-4-8-27(33)19-24/h1-14,19-20,29,34H,15-18,21H2. The number of carbonyl (C=O) groups excluding carboxylic acids is 1. The fourth-order valence-corrected chi connectivity index (χ4v) is 5.55. The van der Waals surface area contributed by atoms with Crippen LogP contribution in [0, 0.1) is 0 Å². The Morgan fingerprint density at radius 1 is 0.842 bits per heavy atom. The van der Waals surface area contributed by atoms with Crippen molar-refractivity contribution in [3.05, 3.63) is 130 Å². The summed E-state index contributed by atoms with van der Waals surface area (Å²) in [5.41, 5.74) is 6.44. The van der Waals surface area contributed by atoms with Gasteiger partial charge in [-0.25, -0.2) is 0 Å². The van der Waals surface area contributed by atoms with Crippen molar-refractivity contribution in [2.75, 3.05) is 32.7 Å². The molecular formula is C31H28Cl2N4O. The summed E-state index contributed by atoms with van der Waals surface area (Å²) >= 11 is 12.3. The minimum atomic E-state index is 0.0346. The summed E-state index contributed by atoms with van der Waals surface area (Å²) in [4.78, 5) is 19.7. The fraction of sp³-hybridized carbons (Fsp3) is 0.194. The van der Waals surface area contributed by atoms with Gasteiger partial charge in [-0.3, -0.25) is 9.69 Å². The highest BCUT2D eigenvalue weighted by Crippen LogP contribution is 2.34. The number of fused-ring (bicyclic) bond motifs is 1. The van der Waals surface area contributed by atoms with Crippen molar-refractivity contribution < 1.29 is 4.79 Å². The zero-order valence-electron chi connectivity index (χ0n) is 20.9. The van der Waals surface area contributed by atoms with Crippen LogP contribution in [0.1, 0.15) is 21.5 Å². The first-order valence-electron chi connectivity index (χ1n) is 12.8.